The molecule has 1 aliphatic carbocycles. The lowest BCUT2D eigenvalue weighted by molar-refractivity contribution is -0.138. The van der Waals surface area contributed by atoms with Crippen molar-refractivity contribution in [2.75, 3.05) is 13.1 Å². The van der Waals surface area contributed by atoms with Crippen LogP contribution in [0.15, 0.2) is 24.3 Å². The van der Waals surface area contributed by atoms with E-state index in [9.17, 15) is 9.59 Å². The quantitative estimate of drug-likeness (QED) is 0.730. The zero-order valence-corrected chi connectivity index (χ0v) is 16.2. The normalized spacial score (nSPS) is 36.8. The van der Waals surface area contributed by atoms with Crippen molar-refractivity contribution in [2.45, 2.75) is 62.6 Å². The Morgan fingerprint density at radius 2 is 2.07 bits per heavy atom. The van der Waals surface area contributed by atoms with Gasteiger partial charge in [-0.2, -0.15) is 0 Å². The van der Waals surface area contributed by atoms with Crippen molar-refractivity contribution in [1.29, 1.82) is 0 Å². The molecule has 2 amide bonds. The topological polar surface area (TPSA) is 79.5 Å². The Kier molecular flexibility index (Phi) is 4.54. The van der Waals surface area contributed by atoms with Gasteiger partial charge in [0.25, 0.3) is 0 Å². The highest BCUT2D eigenvalue weighted by atomic mass is 16.5. The Labute approximate surface area is 165 Å². The Morgan fingerprint density at radius 1 is 1.21 bits per heavy atom. The molecule has 0 aromatic heterocycles. The van der Waals surface area contributed by atoms with Crippen LogP contribution >= 0.6 is 0 Å². The molecule has 3 aliphatic heterocycles. The summed E-state index contributed by atoms with van der Waals surface area (Å²) in [6, 6.07) is 8.13. The van der Waals surface area contributed by atoms with Crippen LogP contribution in [0, 0.1) is 11.8 Å². The van der Waals surface area contributed by atoms with E-state index in [4.69, 9.17) is 4.74 Å². The zero-order valence-electron chi connectivity index (χ0n) is 16.2. The molecule has 1 saturated carbocycles. The highest BCUT2D eigenvalue weighted by molar-refractivity contribution is 5.88. The Hall–Kier alpha value is -2.08. The second-order valence-corrected chi connectivity index (χ2v) is 8.95. The molecule has 6 heteroatoms. The van der Waals surface area contributed by atoms with Crippen LogP contribution in [0.5, 0.6) is 5.75 Å². The number of amides is 2. The molecule has 150 valence electrons. The first-order valence-electron chi connectivity index (χ1n) is 10.7. The summed E-state index contributed by atoms with van der Waals surface area (Å²) in [5, 5.41) is 9.84. The Balaban J connectivity index is 1.38. The average molecular weight is 383 g/mol. The van der Waals surface area contributed by atoms with Crippen molar-refractivity contribution in [3.8, 4) is 5.75 Å². The molecule has 2 saturated heterocycles. The lowest BCUT2D eigenvalue weighted by atomic mass is 9.72. The van der Waals surface area contributed by atoms with E-state index in [2.05, 4.69) is 16.0 Å². The lowest BCUT2D eigenvalue weighted by Gasteiger charge is -2.43. The molecule has 5 rings (SSSR count). The van der Waals surface area contributed by atoms with Crippen LogP contribution < -0.4 is 20.7 Å². The van der Waals surface area contributed by atoms with Gasteiger partial charge < -0.3 is 20.7 Å². The van der Waals surface area contributed by atoms with Gasteiger partial charge in [-0.25, -0.2) is 0 Å². The number of piperidine rings is 1. The van der Waals surface area contributed by atoms with Crippen molar-refractivity contribution < 1.29 is 14.3 Å². The summed E-state index contributed by atoms with van der Waals surface area (Å²) in [5.41, 5.74) is 0.803. The van der Waals surface area contributed by atoms with E-state index in [1.807, 2.05) is 24.3 Å². The van der Waals surface area contributed by atoms with Crippen LogP contribution in [0.2, 0.25) is 0 Å². The number of nitrogens with one attached hydrogen (secondary N) is 3. The maximum absolute atomic E-state index is 13.3. The molecule has 4 aliphatic rings. The summed E-state index contributed by atoms with van der Waals surface area (Å²) >= 11 is 0. The summed E-state index contributed by atoms with van der Waals surface area (Å²) in [7, 11) is 0. The third-order valence-electron chi connectivity index (χ3n) is 7.14. The van der Waals surface area contributed by atoms with Crippen molar-refractivity contribution in [3.05, 3.63) is 29.8 Å². The molecular weight excluding hydrogens is 354 g/mol. The van der Waals surface area contributed by atoms with E-state index in [1.165, 1.54) is 0 Å². The van der Waals surface area contributed by atoms with Crippen LogP contribution in [0.4, 0.5) is 0 Å². The highest BCUT2D eigenvalue weighted by Crippen LogP contribution is 2.43. The highest BCUT2D eigenvalue weighted by Gasteiger charge is 2.46. The monoisotopic (exact) mass is 383 g/mol. The number of carbonyl (C=O) groups is 2. The molecule has 3 N–H and O–H groups in total. The molecule has 6 nitrogen and oxygen atoms in total. The molecule has 5 atom stereocenters. The second kappa shape index (κ2) is 7.07. The maximum Gasteiger partial charge on any atom is 0.224 e. The van der Waals surface area contributed by atoms with Gasteiger partial charge in [0, 0.05) is 37.4 Å². The minimum atomic E-state index is -0.246. The van der Waals surface area contributed by atoms with Crippen molar-refractivity contribution in [3.63, 3.8) is 0 Å². The number of ether oxygens (including phenoxy) is 1. The molecule has 3 heterocycles. The number of fused-ring (bicyclic) bond motifs is 2. The van der Waals surface area contributed by atoms with E-state index < -0.39 is 0 Å². The summed E-state index contributed by atoms with van der Waals surface area (Å²) in [6.07, 6.45) is 6.34. The first-order valence-corrected chi connectivity index (χ1v) is 10.7. The molecule has 1 aromatic carbocycles. The number of hydrogen-bond donors (Lipinski definition) is 3. The minimum Gasteiger partial charge on any atom is -0.485 e. The van der Waals surface area contributed by atoms with E-state index >= 15 is 0 Å². The van der Waals surface area contributed by atoms with E-state index in [1.54, 1.807) is 0 Å². The fourth-order valence-corrected chi connectivity index (χ4v) is 5.73. The smallest absolute Gasteiger partial charge is 0.224 e. The largest absolute Gasteiger partial charge is 0.485 e. The molecule has 5 unspecified atom stereocenters. The SMILES string of the molecule is O=C1CC(C(=O)NC2CC3(CCNC3)Oc3ccccc32)C2CCCCC2N1. The van der Waals surface area contributed by atoms with Crippen molar-refractivity contribution >= 4 is 11.8 Å². The van der Waals surface area contributed by atoms with Gasteiger partial charge in [0.1, 0.15) is 11.4 Å². The van der Waals surface area contributed by atoms with Gasteiger partial charge in [0.05, 0.1) is 12.0 Å². The van der Waals surface area contributed by atoms with Gasteiger partial charge in [-0.15, -0.1) is 0 Å². The zero-order chi connectivity index (χ0) is 19.1. The lowest BCUT2D eigenvalue weighted by Crippen LogP contribution is -2.55. The fourth-order valence-electron chi connectivity index (χ4n) is 5.73. The third kappa shape index (κ3) is 3.17. The first kappa shape index (κ1) is 18.0. The number of carbonyl (C=O) groups excluding carboxylic acids is 2. The fraction of sp³-hybridized carbons (Fsp3) is 0.636. The number of para-hydroxylation sites is 1. The second-order valence-electron chi connectivity index (χ2n) is 8.95. The summed E-state index contributed by atoms with van der Waals surface area (Å²) < 4.78 is 6.36. The van der Waals surface area contributed by atoms with Crippen LogP contribution in [0.3, 0.4) is 0 Å². The number of benzene rings is 1. The van der Waals surface area contributed by atoms with Gasteiger partial charge in [-0.1, -0.05) is 31.0 Å². The van der Waals surface area contributed by atoms with Crippen LogP contribution in [-0.4, -0.2) is 36.5 Å². The van der Waals surface area contributed by atoms with Crippen LogP contribution in [0.25, 0.3) is 0 Å². The van der Waals surface area contributed by atoms with Crippen molar-refractivity contribution in [2.24, 2.45) is 11.8 Å². The van der Waals surface area contributed by atoms with E-state index in [-0.39, 0.29) is 41.3 Å². The average Bonchev–Trinajstić information content (AvgIpc) is 3.14. The number of hydrogen-bond acceptors (Lipinski definition) is 4. The number of rotatable bonds is 2. The van der Waals surface area contributed by atoms with Gasteiger partial charge >= 0.3 is 0 Å². The van der Waals surface area contributed by atoms with Gasteiger partial charge in [0.15, 0.2) is 0 Å². The summed E-state index contributed by atoms with van der Waals surface area (Å²) in [5.74, 6) is 0.983. The van der Waals surface area contributed by atoms with Crippen LogP contribution in [0.1, 0.15) is 56.6 Å². The molecule has 0 radical (unpaired) electrons. The predicted molar refractivity (Wildman–Crippen MR) is 105 cm³/mol. The molecule has 1 aromatic rings. The van der Waals surface area contributed by atoms with Gasteiger partial charge in [-0.3, -0.25) is 9.59 Å². The minimum absolute atomic E-state index is 0.0205. The van der Waals surface area contributed by atoms with Gasteiger partial charge in [-0.05, 0) is 31.4 Å². The van der Waals surface area contributed by atoms with E-state index in [0.717, 1.165) is 62.9 Å². The third-order valence-corrected chi connectivity index (χ3v) is 7.14. The Morgan fingerprint density at radius 3 is 2.93 bits per heavy atom. The van der Waals surface area contributed by atoms with E-state index in [0.29, 0.717) is 6.42 Å². The summed E-state index contributed by atoms with van der Waals surface area (Å²) in [4.78, 5) is 25.5. The predicted octanol–water partition coefficient (Wildman–Crippen LogP) is 2.05. The standard InChI is InChI=1S/C22H29N3O3/c26-20-11-16(14-5-1-3-7-17(14)24-20)21(27)25-18-12-22(9-10-23-13-22)28-19-8-4-2-6-15(18)19/h2,4,6,8,14,16-18,23H,1,3,5,7,9-13H2,(H,24,26)(H,25,27). The maximum atomic E-state index is 13.3. The first-order chi connectivity index (χ1) is 13.6. The van der Waals surface area contributed by atoms with Crippen molar-refractivity contribution in [1.82, 2.24) is 16.0 Å². The molecule has 28 heavy (non-hydrogen) atoms. The molecular formula is C22H29N3O3. The molecule has 3 fully saturated rings. The summed E-state index contributed by atoms with van der Waals surface area (Å²) in [6.45, 7) is 1.75. The Bertz CT molecular complexity index is 774. The van der Waals surface area contributed by atoms with Crippen LogP contribution in [-0.2, 0) is 9.59 Å². The molecule has 0 bridgehead atoms. The van der Waals surface area contributed by atoms with Gasteiger partial charge in [0.2, 0.25) is 11.8 Å². The molecule has 1 spiro atoms.